The van der Waals surface area contributed by atoms with E-state index in [1.165, 1.54) is 4.90 Å². The smallest absolute Gasteiger partial charge is 0.265 e. The van der Waals surface area contributed by atoms with Gasteiger partial charge in [0.1, 0.15) is 0 Å². The summed E-state index contributed by atoms with van der Waals surface area (Å²) in [7, 11) is 0. The Labute approximate surface area is 146 Å². The monoisotopic (exact) mass is 381 g/mol. The Bertz CT molecular complexity index is 990. The van der Waals surface area contributed by atoms with E-state index in [1.807, 2.05) is 18.2 Å². The lowest BCUT2D eigenvalue weighted by molar-refractivity contribution is 0.0893. The maximum absolute atomic E-state index is 13.0. The SMILES string of the molecule is O=C1c2cccc3c(Br)ccc(c23)C(=O)N1c1cccc(CO)c1. The molecule has 0 saturated heterocycles. The van der Waals surface area contributed by atoms with Crippen molar-refractivity contribution >= 4 is 44.2 Å². The van der Waals surface area contributed by atoms with Gasteiger partial charge in [-0.2, -0.15) is 0 Å². The molecule has 1 aliphatic heterocycles. The molecule has 1 aliphatic rings. The molecule has 4 rings (SSSR count). The molecule has 0 aliphatic carbocycles. The van der Waals surface area contributed by atoms with Crippen LogP contribution in [0.15, 0.2) is 59.1 Å². The summed E-state index contributed by atoms with van der Waals surface area (Å²) in [5, 5.41) is 10.8. The highest BCUT2D eigenvalue weighted by Crippen LogP contribution is 2.36. The number of anilines is 1. The van der Waals surface area contributed by atoms with Gasteiger partial charge in [0.15, 0.2) is 0 Å². The van der Waals surface area contributed by atoms with E-state index in [9.17, 15) is 14.7 Å². The van der Waals surface area contributed by atoms with E-state index in [2.05, 4.69) is 15.9 Å². The van der Waals surface area contributed by atoms with E-state index in [1.54, 1.807) is 36.4 Å². The number of nitrogens with zero attached hydrogens (tertiary/aromatic N) is 1. The fourth-order valence-electron chi connectivity index (χ4n) is 3.09. The van der Waals surface area contributed by atoms with Crippen LogP contribution in [0.3, 0.4) is 0 Å². The average Bonchev–Trinajstić information content (AvgIpc) is 2.61. The molecule has 0 unspecified atom stereocenters. The molecule has 0 saturated carbocycles. The van der Waals surface area contributed by atoms with Crippen LogP contribution in [0.5, 0.6) is 0 Å². The summed E-state index contributed by atoms with van der Waals surface area (Å²) in [5.74, 6) is -0.711. The predicted molar refractivity (Wildman–Crippen MR) is 95.2 cm³/mol. The van der Waals surface area contributed by atoms with Crippen LogP contribution >= 0.6 is 15.9 Å². The van der Waals surface area contributed by atoms with Gasteiger partial charge in [-0.3, -0.25) is 9.59 Å². The Morgan fingerprint density at radius 2 is 1.62 bits per heavy atom. The van der Waals surface area contributed by atoms with Crippen LogP contribution in [0.2, 0.25) is 0 Å². The molecule has 24 heavy (non-hydrogen) atoms. The van der Waals surface area contributed by atoms with E-state index in [4.69, 9.17) is 0 Å². The second-order valence-electron chi connectivity index (χ2n) is 5.60. The number of aliphatic hydroxyl groups excluding tert-OH is 1. The van der Waals surface area contributed by atoms with E-state index in [0.29, 0.717) is 27.8 Å². The first kappa shape index (κ1) is 15.1. The molecule has 0 bridgehead atoms. The minimum atomic E-state index is -0.355. The first-order chi connectivity index (χ1) is 11.6. The van der Waals surface area contributed by atoms with E-state index < -0.39 is 0 Å². The van der Waals surface area contributed by atoms with Gasteiger partial charge >= 0.3 is 0 Å². The number of halogens is 1. The summed E-state index contributed by atoms with van der Waals surface area (Å²) in [6, 6.07) is 15.8. The zero-order chi connectivity index (χ0) is 16.8. The summed E-state index contributed by atoms with van der Waals surface area (Å²) in [6.45, 7) is -0.150. The summed E-state index contributed by atoms with van der Waals surface area (Å²) >= 11 is 3.47. The fraction of sp³-hybridized carbons (Fsp3) is 0.0526. The summed E-state index contributed by atoms with van der Waals surface area (Å²) < 4.78 is 0.847. The molecule has 0 aromatic heterocycles. The Kier molecular flexibility index (Phi) is 3.48. The first-order valence-electron chi connectivity index (χ1n) is 7.41. The lowest BCUT2D eigenvalue weighted by atomic mass is 9.93. The van der Waals surface area contributed by atoms with Gasteiger partial charge in [0.2, 0.25) is 0 Å². The van der Waals surface area contributed by atoms with E-state index in [-0.39, 0.29) is 18.4 Å². The molecule has 1 heterocycles. The van der Waals surface area contributed by atoms with Gasteiger partial charge in [-0.1, -0.05) is 40.2 Å². The number of benzene rings is 3. The van der Waals surface area contributed by atoms with Crippen LogP contribution in [-0.2, 0) is 6.61 Å². The quantitative estimate of drug-likeness (QED) is 0.684. The number of rotatable bonds is 2. The van der Waals surface area contributed by atoms with Crippen LogP contribution in [0.1, 0.15) is 26.3 Å². The van der Waals surface area contributed by atoms with Gasteiger partial charge < -0.3 is 5.11 Å². The molecule has 0 radical (unpaired) electrons. The minimum absolute atomic E-state index is 0.150. The second kappa shape index (κ2) is 5.54. The third-order valence-corrected chi connectivity index (χ3v) is 4.90. The highest BCUT2D eigenvalue weighted by atomic mass is 79.9. The van der Waals surface area contributed by atoms with E-state index in [0.717, 1.165) is 9.86 Å². The molecule has 2 amide bonds. The van der Waals surface area contributed by atoms with Crippen LogP contribution in [0, 0.1) is 0 Å². The molecule has 1 N–H and O–H groups in total. The van der Waals surface area contributed by atoms with Crippen molar-refractivity contribution in [3.05, 3.63) is 75.8 Å². The predicted octanol–water partition coefficient (Wildman–Crippen LogP) is 3.90. The third-order valence-electron chi connectivity index (χ3n) is 4.21. The molecule has 0 fully saturated rings. The third kappa shape index (κ3) is 2.09. The molecule has 3 aromatic rings. The second-order valence-corrected chi connectivity index (χ2v) is 6.45. The summed E-state index contributed by atoms with van der Waals surface area (Å²) in [4.78, 5) is 27.1. The zero-order valence-corrected chi connectivity index (χ0v) is 14.1. The maximum atomic E-state index is 13.0. The molecule has 118 valence electrons. The van der Waals surface area contributed by atoms with Crippen molar-refractivity contribution in [2.24, 2.45) is 0 Å². The number of amides is 2. The van der Waals surface area contributed by atoms with Crippen molar-refractivity contribution in [1.29, 1.82) is 0 Å². The Morgan fingerprint density at radius 1 is 0.917 bits per heavy atom. The largest absolute Gasteiger partial charge is 0.392 e. The molecule has 0 spiro atoms. The number of imide groups is 1. The van der Waals surface area contributed by atoms with Crippen LogP contribution < -0.4 is 4.90 Å². The highest BCUT2D eigenvalue weighted by Gasteiger charge is 2.34. The van der Waals surface area contributed by atoms with E-state index >= 15 is 0 Å². The number of carbonyl (C=O) groups is 2. The molecule has 4 nitrogen and oxygen atoms in total. The van der Waals surface area contributed by atoms with Crippen molar-refractivity contribution < 1.29 is 14.7 Å². The van der Waals surface area contributed by atoms with Gasteiger partial charge in [-0.25, -0.2) is 4.90 Å². The van der Waals surface area contributed by atoms with Crippen molar-refractivity contribution in [3.8, 4) is 0 Å². The van der Waals surface area contributed by atoms with Crippen molar-refractivity contribution in [1.82, 2.24) is 0 Å². The fourth-order valence-corrected chi connectivity index (χ4v) is 3.55. The number of hydrogen-bond donors (Lipinski definition) is 1. The lowest BCUT2D eigenvalue weighted by Gasteiger charge is -2.27. The van der Waals surface area contributed by atoms with Crippen LogP contribution in [0.25, 0.3) is 10.8 Å². The average molecular weight is 382 g/mol. The van der Waals surface area contributed by atoms with Crippen LogP contribution in [-0.4, -0.2) is 16.9 Å². The van der Waals surface area contributed by atoms with Gasteiger partial charge in [0.25, 0.3) is 11.8 Å². The lowest BCUT2D eigenvalue weighted by Crippen LogP contribution is -2.40. The molecular formula is C19H12BrNO3. The van der Waals surface area contributed by atoms with Gasteiger partial charge in [0.05, 0.1) is 12.3 Å². The summed E-state index contributed by atoms with van der Waals surface area (Å²) in [5.41, 5.74) is 2.10. The standard InChI is InChI=1S/C19H12BrNO3/c20-16-8-7-15-17-13(16)5-2-6-14(17)18(23)21(19(15)24)12-4-1-3-11(9-12)10-22/h1-9,22H,10H2. The van der Waals surface area contributed by atoms with Crippen LogP contribution in [0.4, 0.5) is 5.69 Å². The molecule has 3 aromatic carbocycles. The minimum Gasteiger partial charge on any atom is -0.392 e. The number of carbonyl (C=O) groups excluding carboxylic acids is 2. The summed E-state index contributed by atoms with van der Waals surface area (Å²) in [6.07, 6.45) is 0. The first-order valence-corrected chi connectivity index (χ1v) is 8.21. The van der Waals surface area contributed by atoms with Crippen molar-refractivity contribution in [2.45, 2.75) is 6.61 Å². The Balaban J connectivity index is 1.97. The Hall–Kier alpha value is -2.50. The highest BCUT2D eigenvalue weighted by molar-refractivity contribution is 9.10. The van der Waals surface area contributed by atoms with Gasteiger partial charge in [-0.05, 0) is 41.3 Å². The van der Waals surface area contributed by atoms with Gasteiger partial charge in [-0.15, -0.1) is 0 Å². The van der Waals surface area contributed by atoms with Gasteiger partial charge in [0, 0.05) is 21.0 Å². The zero-order valence-electron chi connectivity index (χ0n) is 12.5. The Morgan fingerprint density at radius 3 is 2.38 bits per heavy atom. The van der Waals surface area contributed by atoms with Crippen molar-refractivity contribution in [2.75, 3.05) is 4.90 Å². The topological polar surface area (TPSA) is 57.6 Å². The molecule has 5 heteroatoms. The normalized spacial score (nSPS) is 13.7. The molecule has 0 atom stereocenters. The van der Waals surface area contributed by atoms with Crippen molar-refractivity contribution in [3.63, 3.8) is 0 Å². The maximum Gasteiger partial charge on any atom is 0.265 e. The number of hydrogen-bond acceptors (Lipinski definition) is 3. The molecular weight excluding hydrogens is 370 g/mol. The number of aliphatic hydroxyl groups is 1.